The summed E-state index contributed by atoms with van der Waals surface area (Å²) in [6.45, 7) is 0. The van der Waals surface area contributed by atoms with Crippen molar-refractivity contribution in [1.29, 1.82) is 0 Å². The molecule has 0 saturated heterocycles. The monoisotopic (exact) mass is 714 g/mol. The molecule has 0 unspecified atom stereocenters. The maximum Gasteiger partial charge on any atom is 0.164 e. The molecular weight excluding hydrogens is 681 g/mol. The van der Waals surface area contributed by atoms with Crippen molar-refractivity contribution in [3.05, 3.63) is 229 Å². The number of fused-ring (bicyclic) bond motifs is 5. The molecule has 0 radical (unpaired) electrons. The Balaban J connectivity index is 1.21. The summed E-state index contributed by atoms with van der Waals surface area (Å²) >= 11 is 0. The lowest BCUT2D eigenvalue weighted by Gasteiger charge is -2.42. The predicted molar refractivity (Wildman–Crippen MR) is 228 cm³/mol. The van der Waals surface area contributed by atoms with Crippen molar-refractivity contribution < 1.29 is 0 Å². The van der Waals surface area contributed by atoms with Crippen LogP contribution in [0.3, 0.4) is 0 Å². The fourth-order valence-corrected chi connectivity index (χ4v) is 8.85. The SMILES string of the molecule is c1ccc(-c2ccc3c(c2)C(c2ccccc2)(c2ccccc2)c2cccc4c5cc(-c6nc(-c7ccccc7)nc(-c7ccccc7)n6)ccc5n-3c24)cc1. The third-order valence-corrected chi connectivity index (χ3v) is 11.3. The van der Waals surface area contributed by atoms with Crippen LogP contribution in [0.25, 0.3) is 72.8 Å². The predicted octanol–water partition coefficient (Wildman–Crippen LogP) is 12.3. The summed E-state index contributed by atoms with van der Waals surface area (Å²) in [6, 6.07) is 73.6. The van der Waals surface area contributed by atoms with Crippen LogP contribution < -0.4 is 0 Å². The molecule has 0 amide bonds. The van der Waals surface area contributed by atoms with Crippen molar-refractivity contribution >= 4 is 21.8 Å². The molecule has 0 atom stereocenters. The maximum atomic E-state index is 5.09. The maximum absolute atomic E-state index is 5.09. The molecule has 0 aliphatic carbocycles. The highest BCUT2D eigenvalue weighted by Crippen LogP contribution is 2.55. The van der Waals surface area contributed by atoms with Gasteiger partial charge in [0.1, 0.15) is 0 Å². The van der Waals surface area contributed by atoms with Crippen LogP contribution in [0.1, 0.15) is 22.3 Å². The minimum atomic E-state index is -0.585. The standard InChI is InChI=1S/C52H34N4/c1-6-17-35(18-7-1)38-29-32-47-45(34-38)52(40-23-12-4-13-24-40,41-25-14-5-15-26-41)44-28-16-27-42-43-33-39(30-31-46(43)56(47)48(42)44)51-54-49(36-19-8-2-9-20-36)53-50(55-51)37-21-10-3-11-22-37/h1-34H. The summed E-state index contributed by atoms with van der Waals surface area (Å²) in [5.74, 6) is 1.94. The van der Waals surface area contributed by atoms with Gasteiger partial charge in [-0.2, -0.15) is 0 Å². The van der Waals surface area contributed by atoms with Crippen molar-refractivity contribution in [1.82, 2.24) is 19.5 Å². The first-order chi connectivity index (χ1) is 27.8. The van der Waals surface area contributed by atoms with Gasteiger partial charge >= 0.3 is 0 Å². The number of rotatable bonds is 6. The second-order valence-corrected chi connectivity index (χ2v) is 14.4. The van der Waals surface area contributed by atoms with Crippen LogP contribution in [0.2, 0.25) is 0 Å². The molecule has 0 bridgehead atoms. The first-order valence-corrected chi connectivity index (χ1v) is 19.0. The lowest BCUT2D eigenvalue weighted by molar-refractivity contribution is 0.728. The van der Waals surface area contributed by atoms with E-state index in [1.165, 1.54) is 50.0 Å². The molecule has 4 heteroatoms. The summed E-state index contributed by atoms with van der Waals surface area (Å²) in [7, 11) is 0. The minimum Gasteiger partial charge on any atom is -0.309 e. The Hall–Kier alpha value is -7.43. The third-order valence-electron chi connectivity index (χ3n) is 11.3. The molecule has 0 fully saturated rings. The van der Waals surface area contributed by atoms with Crippen LogP contribution in [0.5, 0.6) is 0 Å². The van der Waals surface area contributed by atoms with Crippen molar-refractivity contribution in [2.24, 2.45) is 0 Å². The number of aromatic nitrogens is 4. The Morgan fingerprint density at radius 1 is 0.339 bits per heavy atom. The van der Waals surface area contributed by atoms with E-state index in [1.54, 1.807) is 0 Å². The van der Waals surface area contributed by atoms with Gasteiger partial charge in [0.25, 0.3) is 0 Å². The van der Waals surface area contributed by atoms with E-state index in [0.29, 0.717) is 17.5 Å². The van der Waals surface area contributed by atoms with Gasteiger partial charge in [-0.05, 0) is 63.7 Å². The van der Waals surface area contributed by atoms with Crippen LogP contribution >= 0.6 is 0 Å². The fourth-order valence-electron chi connectivity index (χ4n) is 8.85. The number of nitrogens with zero attached hydrogens (tertiary/aromatic N) is 4. The molecule has 262 valence electrons. The van der Waals surface area contributed by atoms with E-state index in [0.717, 1.165) is 27.6 Å². The molecule has 4 nitrogen and oxygen atoms in total. The van der Waals surface area contributed by atoms with Gasteiger partial charge in [-0.3, -0.25) is 0 Å². The van der Waals surface area contributed by atoms with Gasteiger partial charge < -0.3 is 4.57 Å². The van der Waals surface area contributed by atoms with Crippen molar-refractivity contribution in [3.63, 3.8) is 0 Å². The highest BCUT2D eigenvalue weighted by Gasteiger charge is 2.45. The summed E-state index contributed by atoms with van der Waals surface area (Å²) in [4.78, 5) is 15.1. The molecule has 3 heterocycles. The normalized spacial score (nSPS) is 12.8. The number of para-hydroxylation sites is 1. The van der Waals surface area contributed by atoms with Crippen molar-refractivity contribution in [2.45, 2.75) is 5.41 Å². The largest absolute Gasteiger partial charge is 0.309 e. The first-order valence-electron chi connectivity index (χ1n) is 19.0. The molecular formula is C52H34N4. The lowest BCUT2D eigenvalue weighted by atomic mass is 9.63. The number of hydrogen-bond donors (Lipinski definition) is 0. The van der Waals surface area contributed by atoms with Gasteiger partial charge in [0.15, 0.2) is 17.5 Å². The van der Waals surface area contributed by atoms with Gasteiger partial charge in [-0.15, -0.1) is 0 Å². The summed E-state index contributed by atoms with van der Waals surface area (Å²) in [6.07, 6.45) is 0. The lowest BCUT2D eigenvalue weighted by Crippen LogP contribution is -2.35. The fraction of sp³-hybridized carbons (Fsp3) is 0.0192. The molecule has 1 aliphatic rings. The Labute approximate surface area is 325 Å². The molecule has 0 N–H and O–H groups in total. The van der Waals surface area contributed by atoms with Gasteiger partial charge in [-0.1, -0.05) is 176 Å². The Bertz CT molecular complexity index is 2950. The van der Waals surface area contributed by atoms with E-state index in [9.17, 15) is 0 Å². The smallest absolute Gasteiger partial charge is 0.164 e. The van der Waals surface area contributed by atoms with Gasteiger partial charge in [0.2, 0.25) is 0 Å². The third kappa shape index (κ3) is 4.89. The van der Waals surface area contributed by atoms with Crippen LogP contribution in [-0.4, -0.2) is 19.5 Å². The molecule has 1 aliphatic heterocycles. The molecule has 8 aromatic carbocycles. The second-order valence-electron chi connectivity index (χ2n) is 14.4. The molecule has 11 rings (SSSR count). The highest BCUT2D eigenvalue weighted by atomic mass is 15.0. The van der Waals surface area contributed by atoms with E-state index in [-0.39, 0.29) is 0 Å². The van der Waals surface area contributed by atoms with Crippen LogP contribution in [0.4, 0.5) is 0 Å². The minimum absolute atomic E-state index is 0.585. The van der Waals surface area contributed by atoms with Crippen LogP contribution in [0, 0.1) is 0 Å². The van der Waals surface area contributed by atoms with E-state index < -0.39 is 5.41 Å². The van der Waals surface area contributed by atoms with Crippen LogP contribution in [0.15, 0.2) is 206 Å². The zero-order valence-corrected chi connectivity index (χ0v) is 30.4. The Morgan fingerprint density at radius 2 is 0.839 bits per heavy atom. The Morgan fingerprint density at radius 3 is 1.41 bits per heavy atom. The molecule has 56 heavy (non-hydrogen) atoms. The van der Waals surface area contributed by atoms with Gasteiger partial charge in [0.05, 0.1) is 22.1 Å². The highest BCUT2D eigenvalue weighted by molar-refractivity contribution is 6.13. The second kappa shape index (κ2) is 12.9. The quantitative estimate of drug-likeness (QED) is 0.172. The average molecular weight is 715 g/mol. The van der Waals surface area contributed by atoms with E-state index >= 15 is 0 Å². The van der Waals surface area contributed by atoms with E-state index in [2.05, 4.69) is 150 Å². The summed E-state index contributed by atoms with van der Waals surface area (Å²) in [5, 5.41) is 2.34. The Kier molecular flexibility index (Phi) is 7.36. The zero-order chi connectivity index (χ0) is 37.1. The molecule has 10 aromatic rings. The van der Waals surface area contributed by atoms with Crippen molar-refractivity contribution in [2.75, 3.05) is 0 Å². The average Bonchev–Trinajstić information content (AvgIpc) is 3.62. The molecule has 0 spiro atoms. The number of benzene rings is 8. The van der Waals surface area contributed by atoms with E-state index in [4.69, 9.17) is 15.0 Å². The zero-order valence-electron chi connectivity index (χ0n) is 30.4. The molecule has 0 saturated carbocycles. The van der Waals surface area contributed by atoms with Gasteiger partial charge in [-0.25, -0.2) is 15.0 Å². The van der Waals surface area contributed by atoms with Crippen molar-refractivity contribution in [3.8, 4) is 51.0 Å². The van der Waals surface area contributed by atoms with Crippen LogP contribution in [-0.2, 0) is 5.41 Å². The van der Waals surface area contributed by atoms with Gasteiger partial charge in [0, 0.05) is 27.5 Å². The summed E-state index contributed by atoms with van der Waals surface area (Å²) < 4.78 is 2.48. The summed E-state index contributed by atoms with van der Waals surface area (Å²) in [5.41, 5.74) is 13.1. The first kappa shape index (κ1) is 32.0. The topological polar surface area (TPSA) is 43.6 Å². The number of hydrogen-bond acceptors (Lipinski definition) is 3. The van der Waals surface area contributed by atoms with E-state index in [1.807, 2.05) is 60.7 Å². The molecule has 2 aromatic heterocycles.